The van der Waals surface area contributed by atoms with Crippen LogP contribution in [0.3, 0.4) is 0 Å². The quantitative estimate of drug-likeness (QED) is 0.173. The van der Waals surface area contributed by atoms with E-state index in [1.165, 1.54) is 6.92 Å². The van der Waals surface area contributed by atoms with Crippen LogP contribution in [0.2, 0.25) is 0 Å². The lowest BCUT2D eigenvalue weighted by Gasteiger charge is -2.13. The van der Waals surface area contributed by atoms with Crippen molar-refractivity contribution in [2.75, 3.05) is 13.2 Å². The molecule has 0 fully saturated rings. The summed E-state index contributed by atoms with van der Waals surface area (Å²) >= 11 is 0. The normalized spacial score (nSPS) is 11.8. The molecule has 0 bridgehead atoms. The first-order valence-corrected chi connectivity index (χ1v) is 12.5. The molecule has 0 unspecified atom stereocenters. The fraction of sp³-hybridized carbons (Fsp3) is 0.172. The van der Waals surface area contributed by atoms with E-state index in [9.17, 15) is 19.8 Å². The molecule has 0 aliphatic carbocycles. The minimum absolute atomic E-state index is 0.242. The Kier molecular flexibility index (Phi) is 7.36. The number of aliphatic hydroxyl groups excluding tert-OH is 2. The van der Waals surface area contributed by atoms with Crippen molar-refractivity contribution < 1.29 is 29.0 Å². The number of hydrogen-bond donors (Lipinski definition) is 3. The number of hydrogen-bond acceptors (Lipinski definition) is 9. The summed E-state index contributed by atoms with van der Waals surface area (Å²) in [4.78, 5) is 31.6. The largest absolute Gasteiger partial charge is 0.509 e. The van der Waals surface area contributed by atoms with Gasteiger partial charge in [0.2, 0.25) is 0 Å². The number of benzene rings is 3. The Morgan fingerprint density at radius 2 is 1.77 bits per heavy atom. The molecule has 11 nitrogen and oxygen atoms in total. The van der Waals surface area contributed by atoms with E-state index in [1.54, 1.807) is 22.8 Å². The van der Waals surface area contributed by atoms with Crippen LogP contribution in [0.4, 0.5) is 0 Å². The van der Waals surface area contributed by atoms with Crippen LogP contribution in [0.5, 0.6) is 6.01 Å². The van der Waals surface area contributed by atoms with E-state index in [2.05, 4.69) is 19.6 Å². The summed E-state index contributed by atoms with van der Waals surface area (Å²) in [6.45, 7) is 3.40. The molecule has 0 aliphatic heterocycles. The Morgan fingerprint density at radius 3 is 2.45 bits per heavy atom. The number of para-hydroxylation sites is 1. The van der Waals surface area contributed by atoms with Crippen LogP contribution < -0.4 is 10.5 Å². The number of carbonyl (C=O) groups excluding carboxylic acids is 1. The summed E-state index contributed by atoms with van der Waals surface area (Å²) in [6.07, 6.45) is 0. The first-order chi connectivity index (χ1) is 19.4. The number of allylic oxidation sites excluding steroid dienone is 1. The molecule has 0 amide bonds. The van der Waals surface area contributed by atoms with Crippen LogP contribution in [0, 0.1) is 0 Å². The fourth-order valence-corrected chi connectivity index (χ4v) is 4.29. The van der Waals surface area contributed by atoms with Gasteiger partial charge in [-0.2, -0.15) is 4.98 Å². The standard InChI is InChI=1S/C29H26N4O7/c1-3-38-28-30-23-10-6-9-22(27(36)39-16-24(35)17(2)34)25(23)33(28)15-18-11-13-19(14-12-18)20-7-4-5-8-21(20)26-31-29(37)40-32-26/h4-14,34-35H,3,15-16H2,1-2H3,(H,31,32,37)/b24-17-. The predicted octanol–water partition coefficient (Wildman–Crippen LogP) is 5.00. The van der Waals surface area contributed by atoms with E-state index in [0.717, 1.165) is 22.3 Å². The second kappa shape index (κ2) is 11.2. The molecule has 2 aromatic heterocycles. The third kappa shape index (κ3) is 5.30. The summed E-state index contributed by atoms with van der Waals surface area (Å²) in [5.74, 6) is -1.72. The predicted molar refractivity (Wildman–Crippen MR) is 146 cm³/mol. The van der Waals surface area contributed by atoms with Crippen LogP contribution in [0.25, 0.3) is 33.5 Å². The maximum atomic E-state index is 13.0. The zero-order valence-corrected chi connectivity index (χ0v) is 21.7. The van der Waals surface area contributed by atoms with Crippen molar-refractivity contribution in [3.63, 3.8) is 0 Å². The molecule has 204 valence electrons. The molecule has 40 heavy (non-hydrogen) atoms. The second-order valence-electron chi connectivity index (χ2n) is 8.88. The molecule has 0 saturated heterocycles. The Morgan fingerprint density at radius 1 is 1.02 bits per heavy atom. The van der Waals surface area contributed by atoms with Crippen LogP contribution in [0.15, 0.2) is 87.6 Å². The van der Waals surface area contributed by atoms with Gasteiger partial charge >= 0.3 is 11.7 Å². The average Bonchev–Trinajstić information content (AvgIpc) is 3.55. The van der Waals surface area contributed by atoms with E-state index >= 15 is 0 Å². The third-order valence-corrected chi connectivity index (χ3v) is 6.21. The third-order valence-electron chi connectivity index (χ3n) is 6.21. The number of fused-ring (bicyclic) bond motifs is 1. The van der Waals surface area contributed by atoms with Gasteiger partial charge in [-0.05, 0) is 42.7 Å². The highest BCUT2D eigenvalue weighted by atomic mass is 16.5. The Labute approximate surface area is 227 Å². The van der Waals surface area contributed by atoms with Gasteiger partial charge in [0.15, 0.2) is 18.2 Å². The molecule has 11 heteroatoms. The summed E-state index contributed by atoms with van der Waals surface area (Å²) in [6, 6.07) is 20.7. The topological polar surface area (TPSA) is 153 Å². The first kappa shape index (κ1) is 26.3. The van der Waals surface area contributed by atoms with Crippen molar-refractivity contribution in [3.05, 3.63) is 99.9 Å². The fourth-order valence-electron chi connectivity index (χ4n) is 4.29. The number of carbonyl (C=O) groups is 1. The van der Waals surface area contributed by atoms with E-state index in [-0.39, 0.29) is 11.3 Å². The molecule has 0 radical (unpaired) electrons. The van der Waals surface area contributed by atoms with Gasteiger partial charge in [-0.3, -0.25) is 14.1 Å². The Hall–Kier alpha value is -5.32. The molecular weight excluding hydrogens is 516 g/mol. The van der Waals surface area contributed by atoms with Crippen molar-refractivity contribution in [3.8, 4) is 28.5 Å². The molecule has 0 spiro atoms. The number of aromatic nitrogens is 4. The van der Waals surface area contributed by atoms with Crippen molar-refractivity contribution in [1.29, 1.82) is 0 Å². The van der Waals surface area contributed by atoms with Gasteiger partial charge in [0, 0.05) is 5.56 Å². The van der Waals surface area contributed by atoms with Gasteiger partial charge in [-0.1, -0.05) is 59.8 Å². The lowest BCUT2D eigenvalue weighted by Crippen LogP contribution is -2.12. The highest BCUT2D eigenvalue weighted by Gasteiger charge is 2.21. The number of rotatable bonds is 9. The molecule has 5 aromatic rings. The van der Waals surface area contributed by atoms with E-state index in [4.69, 9.17) is 9.47 Å². The van der Waals surface area contributed by atoms with Crippen molar-refractivity contribution in [2.45, 2.75) is 20.4 Å². The number of nitrogens with one attached hydrogen (secondary N) is 1. The maximum absolute atomic E-state index is 13.0. The second-order valence-corrected chi connectivity index (χ2v) is 8.88. The summed E-state index contributed by atoms with van der Waals surface area (Å²) in [7, 11) is 0. The summed E-state index contributed by atoms with van der Waals surface area (Å²) in [5, 5.41) is 23.0. The van der Waals surface area contributed by atoms with Gasteiger partial charge in [0.05, 0.1) is 29.7 Å². The SMILES string of the molecule is CCOc1nc2cccc(C(=O)OC/C(O)=C(\C)O)c2n1Cc1ccc(-c2ccccc2-c2noc(=O)[nH]2)cc1. The Bertz CT molecular complexity index is 1760. The van der Waals surface area contributed by atoms with E-state index in [1.807, 2.05) is 55.5 Å². The molecule has 5 rings (SSSR count). The van der Waals surface area contributed by atoms with E-state index in [0.29, 0.717) is 36.0 Å². The minimum Gasteiger partial charge on any atom is -0.509 e. The molecule has 2 heterocycles. The highest BCUT2D eigenvalue weighted by Crippen LogP contribution is 2.31. The van der Waals surface area contributed by atoms with E-state index < -0.39 is 24.1 Å². The number of aromatic amines is 1. The smallest absolute Gasteiger partial charge is 0.439 e. The molecule has 0 atom stereocenters. The summed E-state index contributed by atoms with van der Waals surface area (Å²) < 4.78 is 17.5. The zero-order chi connectivity index (χ0) is 28.2. The molecule has 0 aliphatic rings. The maximum Gasteiger partial charge on any atom is 0.439 e. The van der Waals surface area contributed by atoms with Gasteiger partial charge < -0.3 is 19.7 Å². The van der Waals surface area contributed by atoms with Gasteiger partial charge in [-0.15, -0.1) is 0 Å². The lowest BCUT2D eigenvalue weighted by atomic mass is 9.98. The van der Waals surface area contributed by atoms with Gasteiger partial charge in [0.1, 0.15) is 5.76 Å². The first-order valence-electron chi connectivity index (χ1n) is 12.5. The van der Waals surface area contributed by atoms with Crippen LogP contribution >= 0.6 is 0 Å². The number of imidazole rings is 1. The number of aliphatic hydroxyl groups is 2. The van der Waals surface area contributed by atoms with Crippen molar-refractivity contribution in [2.24, 2.45) is 0 Å². The highest BCUT2D eigenvalue weighted by molar-refractivity contribution is 6.02. The number of H-pyrrole nitrogens is 1. The van der Waals surface area contributed by atoms with Crippen molar-refractivity contribution >= 4 is 17.0 Å². The molecule has 3 N–H and O–H groups in total. The Balaban J connectivity index is 1.48. The minimum atomic E-state index is -0.680. The van der Waals surface area contributed by atoms with Crippen LogP contribution in [0.1, 0.15) is 29.8 Å². The van der Waals surface area contributed by atoms with Crippen LogP contribution in [-0.2, 0) is 11.3 Å². The van der Waals surface area contributed by atoms with Crippen molar-refractivity contribution in [1.82, 2.24) is 19.7 Å². The number of ether oxygens (including phenoxy) is 2. The number of esters is 1. The van der Waals surface area contributed by atoms with Gasteiger partial charge in [-0.25, -0.2) is 9.59 Å². The average molecular weight is 543 g/mol. The molecular formula is C29H26N4O7. The lowest BCUT2D eigenvalue weighted by molar-refractivity contribution is 0.0494. The zero-order valence-electron chi connectivity index (χ0n) is 21.7. The number of nitrogens with zero attached hydrogens (tertiary/aromatic N) is 3. The molecule has 3 aromatic carbocycles. The summed E-state index contributed by atoms with van der Waals surface area (Å²) in [5.41, 5.74) is 4.71. The van der Waals surface area contributed by atoms with Crippen LogP contribution in [-0.4, -0.2) is 49.1 Å². The monoisotopic (exact) mass is 542 g/mol. The van der Waals surface area contributed by atoms with Gasteiger partial charge in [0.25, 0.3) is 6.01 Å². The molecule has 0 saturated carbocycles.